The van der Waals surface area contributed by atoms with Crippen molar-refractivity contribution in [1.82, 2.24) is 10.0 Å². The lowest BCUT2D eigenvalue weighted by Gasteiger charge is -2.29. The number of halogens is 3. The third kappa shape index (κ3) is 3.41. The normalized spacial score (nSPS) is 28.8. The molecule has 2 aliphatic rings. The van der Waals surface area contributed by atoms with E-state index in [4.69, 9.17) is 23.2 Å². The fraction of sp³-hybridized carbons (Fsp3) is 0.538. The van der Waals surface area contributed by atoms with E-state index in [1.165, 1.54) is 12.1 Å². The van der Waals surface area contributed by atoms with Crippen LogP contribution in [0.5, 0.6) is 0 Å². The predicted octanol–water partition coefficient (Wildman–Crippen LogP) is 3.32. The Morgan fingerprint density at radius 2 is 1.67 bits per heavy atom. The van der Waals surface area contributed by atoms with Gasteiger partial charge in [0.2, 0.25) is 10.0 Å². The Hall–Kier alpha value is 0.150. The van der Waals surface area contributed by atoms with E-state index in [0.29, 0.717) is 16.6 Å². The molecule has 2 atom stereocenters. The minimum atomic E-state index is -3.72. The van der Waals surface area contributed by atoms with Crippen molar-refractivity contribution >= 4 is 49.2 Å². The smallest absolute Gasteiger partial charge is 0.243 e. The first-order chi connectivity index (χ1) is 9.85. The van der Waals surface area contributed by atoms with Gasteiger partial charge in [-0.3, -0.25) is 0 Å². The molecule has 8 heteroatoms. The van der Waals surface area contributed by atoms with Crippen LogP contribution in [0, 0.1) is 0 Å². The number of hydrogen-bond donors (Lipinski definition) is 2. The minimum absolute atomic E-state index is 0.0417. The first kappa shape index (κ1) is 16.0. The lowest BCUT2D eigenvalue weighted by molar-refractivity contribution is 0.345. The van der Waals surface area contributed by atoms with E-state index >= 15 is 0 Å². The Kier molecular flexibility index (Phi) is 4.56. The van der Waals surface area contributed by atoms with Gasteiger partial charge in [0.1, 0.15) is 4.90 Å². The summed E-state index contributed by atoms with van der Waals surface area (Å²) in [4.78, 5) is -0.0417. The zero-order chi connectivity index (χ0) is 15.2. The van der Waals surface area contributed by atoms with E-state index in [0.717, 1.165) is 25.7 Å². The van der Waals surface area contributed by atoms with Gasteiger partial charge < -0.3 is 5.32 Å². The zero-order valence-electron chi connectivity index (χ0n) is 11.1. The van der Waals surface area contributed by atoms with Crippen LogP contribution in [0.25, 0.3) is 0 Å². The molecule has 0 saturated carbocycles. The lowest BCUT2D eigenvalue weighted by Crippen LogP contribution is -2.48. The molecule has 0 spiro atoms. The zero-order valence-corrected chi connectivity index (χ0v) is 15.0. The van der Waals surface area contributed by atoms with Crippen LogP contribution in [0.3, 0.4) is 0 Å². The van der Waals surface area contributed by atoms with Crippen LogP contribution < -0.4 is 10.0 Å². The van der Waals surface area contributed by atoms with Crippen molar-refractivity contribution in [3.8, 4) is 0 Å². The fourth-order valence-corrected chi connectivity index (χ4v) is 6.42. The van der Waals surface area contributed by atoms with Crippen LogP contribution in [-0.4, -0.2) is 26.5 Å². The standard InChI is InChI=1S/C13H15BrCl2N2O2S/c14-7-3-11(15)13(12(16)4-7)21(19,20)18-10-5-8-1-2-9(6-10)17-8/h3-4,8-10,17-18H,1-2,5-6H2. The molecule has 2 N–H and O–H groups in total. The van der Waals surface area contributed by atoms with Gasteiger partial charge in [0.05, 0.1) is 10.0 Å². The SMILES string of the molecule is O=S(=O)(NC1CC2CCC(C1)N2)c1c(Cl)cc(Br)cc1Cl. The minimum Gasteiger partial charge on any atom is -0.311 e. The van der Waals surface area contributed by atoms with Crippen molar-refractivity contribution in [3.05, 3.63) is 26.7 Å². The van der Waals surface area contributed by atoms with Crippen LogP contribution in [0.2, 0.25) is 10.0 Å². The molecule has 0 aliphatic carbocycles. The number of nitrogens with one attached hydrogen (secondary N) is 2. The molecule has 0 radical (unpaired) electrons. The van der Waals surface area contributed by atoms with Gasteiger partial charge in [-0.2, -0.15) is 0 Å². The molecule has 0 aromatic heterocycles. The van der Waals surface area contributed by atoms with Crippen molar-refractivity contribution in [1.29, 1.82) is 0 Å². The van der Waals surface area contributed by atoms with E-state index in [9.17, 15) is 8.42 Å². The summed E-state index contributed by atoms with van der Waals surface area (Å²) in [6.45, 7) is 0. The average Bonchev–Trinajstić information content (AvgIpc) is 2.66. The second kappa shape index (κ2) is 5.98. The first-order valence-electron chi connectivity index (χ1n) is 6.78. The van der Waals surface area contributed by atoms with E-state index < -0.39 is 10.0 Å². The summed E-state index contributed by atoms with van der Waals surface area (Å²) in [5.41, 5.74) is 0. The Morgan fingerprint density at radius 3 is 2.19 bits per heavy atom. The molecule has 2 aliphatic heterocycles. The molecule has 116 valence electrons. The fourth-order valence-electron chi connectivity index (χ4n) is 3.22. The highest BCUT2D eigenvalue weighted by Gasteiger charge is 2.36. The topological polar surface area (TPSA) is 58.2 Å². The van der Waals surface area contributed by atoms with Gasteiger partial charge in [-0.15, -0.1) is 0 Å². The molecule has 2 unspecified atom stereocenters. The van der Waals surface area contributed by atoms with Gasteiger partial charge in [-0.25, -0.2) is 13.1 Å². The highest BCUT2D eigenvalue weighted by molar-refractivity contribution is 9.10. The average molecular weight is 414 g/mol. The van der Waals surface area contributed by atoms with E-state index in [-0.39, 0.29) is 21.0 Å². The molecule has 1 aromatic carbocycles. The maximum Gasteiger partial charge on any atom is 0.243 e. The molecular weight excluding hydrogens is 399 g/mol. The van der Waals surface area contributed by atoms with Gasteiger partial charge in [0.15, 0.2) is 0 Å². The monoisotopic (exact) mass is 412 g/mol. The molecule has 2 fully saturated rings. The Balaban J connectivity index is 1.84. The summed E-state index contributed by atoms with van der Waals surface area (Å²) < 4.78 is 28.6. The van der Waals surface area contributed by atoms with Crippen LogP contribution in [0.15, 0.2) is 21.5 Å². The van der Waals surface area contributed by atoms with Crippen molar-refractivity contribution in [3.63, 3.8) is 0 Å². The van der Waals surface area contributed by atoms with Gasteiger partial charge in [0, 0.05) is 22.6 Å². The van der Waals surface area contributed by atoms with Crippen LogP contribution >= 0.6 is 39.1 Å². The molecule has 2 saturated heterocycles. The summed E-state index contributed by atoms with van der Waals surface area (Å²) in [5.74, 6) is 0. The van der Waals surface area contributed by atoms with Gasteiger partial charge in [-0.1, -0.05) is 39.1 Å². The van der Waals surface area contributed by atoms with Gasteiger partial charge in [0.25, 0.3) is 0 Å². The van der Waals surface area contributed by atoms with Crippen molar-refractivity contribution in [2.75, 3.05) is 0 Å². The Morgan fingerprint density at radius 1 is 1.14 bits per heavy atom. The maximum atomic E-state index is 12.6. The van der Waals surface area contributed by atoms with Crippen molar-refractivity contribution < 1.29 is 8.42 Å². The molecule has 4 nitrogen and oxygen atoms in total. The molecule has 21 heavy (non-hydrogen) atoms. The molecule has 3 rings (SSSR count). The second-order valence-electron chi connectivity index (χ2n) is 5.63. The maximum absolute atomic E-state index is 12.6. The summed E-state index contributed by atoms with van der Waals surface area (Å²) in [6, 6.07) is 3.83. The highest BCUT2D eigenvalue weighted by atomic mass is 79.9. The van der Waals surface area contributed by atoms with Crippen LogP contribution in [0.1, 0.15) is 25.7 Å². The summed E-state index contributed by atoms with van der Waals surface area (Å²) in [6.07, 6.45) is 3.84. The van der Waals surface area contributed by atoms with E-state index in [1.807, 2.05) is 0 Å². The number of sulfonamides is 1. The summed E-state index contributed by atoms with van der Waals surface area (Å²) >= 11 is 15.4. The quantitative estimate of drug-likeness (QED) is 0.798. The molecular formula is C13H15BrCl2N2O2S. The third-order valence-electron chi connectivity index (χ3n) is 4.03. The number of piperidine rings is 1. The molecule has 0 amide bonds. The number of fused-ring (bicyclic) bond motifs is 2. The highest BCUT2D eigenvalue weighted by Crippen LogP contribution is 2.34. The van der Waals surface area contributed by atoms with Crippen LogP contribution in [-0.2, 0) is 10.0 Å². The number of hydrogen-bond acceptors (Lipinski definition) is 3. The molecule has 1 aromatic rings. The Bertz CT molecular complexity index is 633. The largest absolute Gasteiger partial charge is 0.311 e. The van der Waals surface area contributed by atoms with Gasteiger partial charge in [-0.05, 0) is 37.8 Å². The summed E-state index contributed by atoms with van der Waals surface area (Å²) in [7, 11) is -3.72. The molecule has 2 bridgehead atoms. The van der Waals surface area contributed by atoms with Crippen molar-refractivity contribution in [2.24, 2.45) is 0 Å². The molecule has 2 heterocycles. The predicted molar refractivity (Wildman–Crippen MR) is 87.5 cm³/mol. The van der Waals surface area contributed by atoms with Gasteiger partial charge >= 0.3 is 0 Å². The van der Waals surface area contributed by atoms with E-state index in [2.05, 4.69) is 26.0 Å². The first-order valence-corrected chi connectivity index (χ1v) is 9.81. The van der Waals surface area contributed by atoms with Crippen LogP contribution in [0.4, 0.5) is 0 Å². The van der Waals surface area contributed by atoms with Crippen molar-refractivity contribution in [2.45, 2.75) is 48.7 Å². The second-order valence-corrected chi connectivity index (χ2v) is 9.01. The lowest BCUT2D eigenvalue weighted by atomic mass is 10.0. The number of benzene rings is 1. The third-order valence-corrected chi connectivity index (χ3v) is 6.93. The number of rotatable bonds is 3. The Labute approximate surface area is 142 Å². The van der Waals surface area contributed by atoms with E-state index in [1.54, 1.807) is 0 Å². The summed E-state index contributed by atoms with van der Waals surface area (Å²) in [5, 5.41) is 3.73.